The first-order valence-corrected chi connectivity index (χ1v) is 6.41. The smallest absolute Gasteiger partial charge is 0.167 e. The minimum absolute atomic E-state index is 0.0545. The Morgan fingerprint density at radius 3 is 2.58 bits per heavy atom. The lowest BCUT2D eigenvalue weighted by atomic mass is 10.0. The molecule has 0 heterocycles. The van der Waals surface area contributed by atoms with Gasteiger partial charge in [-0.2, -0.15) is 0 Å². The van der Waals surface area contributed by atoms with Gasteiger partial charge in [0.25, 0.3) is 0 Å². The third-order valence-electron chi connectivity index (χ3n) is 3.03. The maximum Gasteiger partial charge on any atom is 0.167 e. The molecule has 0 amide bonds. The molecule has 2 aromatic rings. The van der Waals surface area contributed by atoms with Gasteiger partial charge in [-0.25, -0.2) is 0 Å². The molecule has 0 aliphatic heterocycles. The number of rotatable bonds is 4. The van der Waals surface area contributed by atoms with Crippen LogP contribution < -0.4 is 4.74 Å². The maximum absolute atomic E-state index is 12.2. The lowest BCUT2D eigenvalue weighted by Crippen LogP contribution is -2.04. The van der Waals surface area contributed by atoms with Crippen molar-refractivity contribution in [2.45, 2.75) is 13.3 Å². The van der Waals surface area contributed by atoms with Gasteiger partial charge < -0.3 is 4.74 Å². The summed E-state index contributed by atoms with van der Waals surface area (Å²) >= 11 is 6.06. The van der Waals surface area contributed by atoms with Crippen LogP contribution in [0, 0.1) is 6.92 Å². The molecule has 0 N–H and O–H groups in total. The molecule has 0 fully saturated rings. The van der Waals surface area contributed by atoms with Crippen molar-refractivity contribution in [2.24, 2.45) is 0 Å². The summed E-state index contributed by atoms with van der Waals surface area (Å²) in [4.78, 5) is 12.2. The molecule has 0 unspecified atom stereocenters. The van der Waals surface area contributed by atoms with E-state index in [0.717, 1.165) is 16.9 Å². The molecule has 2 rings (SSSR count). The third kappa shape index (κ3) is 3.15. The highest BCUT2D eigenvalue weighted by molar-refractivity contribution is 6.31. The molecule has 2 nitrogen and oxygen atoms in total. The van der Waals surface area contributed by atoms with E-state index in [1.54, 1.807) is 19.2 Å². The van der Waals surface area contributed by atoms with Crippen molar-refractivity contribution in [1.29, 1.82) is 0 Å². The van der Waals surface area contributed by atoms with Crippen LogP contribution in [0.3, 0.4) is 0 Å². The van der Waals surface area contributed by atoms with Crippen molar-refractivity contribution >= 4 is 17.4 Å². The number of aryl methyl sites for hydroxylation is 1. The standard InChI is InChI=1S/C16H15ClO2/c1-11-9-13(7-8-16(11)19-2)15(18)10-12-5-3-4-6-14(12)17/h3-9H,10H2,1-2H3. The predicted octanol–water partition coefficient (Wildman–Crippen LogP) is 4.08. The van der Waals surface area contributed by atoms with Gasteiger partial charge in [0.1, 0.15) is 5.75 Å². The summed E-state index contributed by atoms with van der Waals surface area (Å²) in [5, 5.41) is 0.626. The molecule has 0 aromatic heterocycles. The van der Waals surface area contributed by atoms with Crippen LogP contribution in [-0.2, 0) is 6.42 Å². The monoisotopic (exact) mass is 274 g/mol. The van der Waals surface area contributed by atoms with E-state index in [2.05, 4.69) is 0 Å². The first-order chi connectivity index (χ1) is 9.11. The van der Waals surface area contributed by atoms with E-state index in [9.17, 15) is 4.79 Å². The summed E-state index contributed by atoms with van der Waals surface area (Å²) in [6.07, 6.45) is 0.311. The molecule has 0 radical (unpaired) electrons. The van der Waals surface area contributed by atoms with Gasteiger partial charge in [0.2, 0.25) is 0 Å². The van der Waals surface area contributed by atoms with Crippen LogP contribution in [0.2, 0.25) is 5.02 Å². The van der Waals surface area contributed by atoms with E-state index in [1.165, 1.54) is 0 Å². The van der Waals surface area contributed by atoms with E-state index in [-0.39, 0.29) is 5.78 Å². The largest absolute Gasteiger partial charge is 0.496 e. The topological polar surface area (TPSA) is 26.3 Å². The lowest BCUT2D eigenvalue weighted by Gasteiger charge is -2.07. The summed E-state index contributed by atoms with van der Waals surface area (Å²) in [5.41, 5.74) is 2.48. The third-order valence-corrected chi connectivity index (χ3v) is 3.39. The zero-order valence-corrected chi connectivity index (χ0v) is 11.7. The van der Waals surface area contributed by atoms with E-state index in [4.69, 9.17) is 16.3 Å². The van der Waals surface area contributed by atoms with E-state index in [1.807, 2.05) is 37.3 Å². The number of carbonyl (C=O) groups excluding carboxylic acids is 1. The first kappa shape index (κ1) is 13.6. The van der Waals surface area contributed by atoms with Gasteiger partial charge >= 0.3 is 0 Å². The minimum Gasteiger partial charge on any atom is -0.496 e. The molecular formula is C16H15ClO2. The quantitative estimate of drug-likeness (QED) is 0.785. The molecule has 0 saturated heterocycles. The number of ether oxygens (including phenoxy) is 1. The van der Waals surface area contributed by atoms with E-state index < -0.39 is 0 Å². The summed E-state index contributed by atoms with van der Waals surface area (Å²) < 4.78 is 5.18. The summed E-state index contributed by atoms with van der Waals surface area (Å²) in [6.45, 7) is 1.92. The highest BCUT2D eigenvalue weighted by Crippen LogP contribution is 2.21. The second kappa shape index (κ2) is 5.89. The highest BCUT2D eigenvalue weighted by atomic mass is 35.5. The van der Waals surface area contributed by atoms with Gasteiger partial charge in [0, 0.05) is 17.0 Å². The van der Waals surface area contributed by atoms with Gasteiger partial charge in [-0.1, -0.05) is 29.8 Å². The lowest BCUT2D eigenvalue weighted by molar-refractivity contribution is 0.0993. The molecular weight excluding hydrogens is 260 g/mol. The number of halogens is 1. The van der Waals surface area contributed by atoms with Crippen molar-refractivity contribution in [3.63, 3.8) is 0 Å². The highest BCUT2D eigenvalue weighted by Gasteiger charge is 2.10. The SMILES string of the molecule is COc1ccc(C(=O)Cc2ccccc2Cl)cc1C. The van der Waals surface area contributed by atoms with Crippen molar-refractivity contribution in [2.75, 3.05) is 7.11 Å². The Morgan fingerprint density at radius 2 is 1.95 bits per heavy atom. The van der Waals surface area contributed by atoms with Gasteiger partial charge in [0.15, 0.2) is 5.78 Å². The van der Waals surface area contributed by atoms with Gasteiger partial charge in [-0.3, -0.25) is 4.79 Å². The summed E-state index contributed by atoms with van der Waals surface area (Å²) in [6, 6.07) is 12.8. The van der Waals surface area contributed by atoms with E-state index >= 15 is 0 Å². The molecule has 0 aliphatic rings. The fraction of sp³-hybridized carbons (Fsp3) is 0.188. The average Bonchev–Trinajstić information content (AvgIpc) is 2.41. The zero-order valence-electron chi connectivity index (χ0n) is 10.9. The van der Waals surface area contributed by atoms with Crippen LogP contribution in [0.15, 0.2) is 42.5 Å². The Balaban J connectivity index is 2.21. The summed E-state index contributed by atoms with van der Waals surface area (Å²) in [7, 11) is 1.62. The summed E-state index contributed by atoms with van der Waals surface area (Å²) in [5.74, 6) is 0.841. The average molecular weight is 275 g/mol. The molecule has 0 aliphatic carbocycles. The van der Waals surface area contributed by atoms with E-state index in [0.29, 0.717) is 17.0 Å². The molecule has 2 aromatic carbocycles. The molecule has 3 heteroatoms. The molecule has 98 valence electrons. The molecule has 19 heavy (non-hydrogen) atoms. The van der Waals surface area contributed by atoms with Crippen LogP contribution in [0.25, 0.3) is 0 Å². The van der Waals surface area contributed by atoms with Crippen molar-refractivity contribution in [1.82, 2.24) is 0 Å². The van der Waals surface area contributed by atoms with Crippen LogP contribution in [0.4, 0.5) is 0 Å². The minimum atomic E-state index is 0.0545. The molecule has 0 atom stereocenters. The van der Waals surface area contributed by atoms with Crippen molar-refractivity contribution in [3.8, 4) is 5.75 Å². The fourth-order valence-electron chi connectivity index (χ4n) is 1.97. The van der Waals surface area contributed by atoms with Crippen LogP contribution in [-0.4, -0.2) is 12.9 Å². The number of hydrogen-bond donors (Lipinski definition) is 0. The number of carbonyl (C=O) groups is 1. The Labute approximate surface area is 118 Å². The molecule has 0 saturated carbocycles. The van der Waals surface area contributed by atoms with Crippen LogP contribution >= 0.6 is 11.6 Å². The van der Waals surface area contributed by atoms with Gasteiger partial charge in [-0.05, 0) is 42.3 Å². The predicted molar refractivity (Wildman–Crippen MR) is 77.2 cm³/mol. The Bertz CT molecular complexity index is 605. The van der Waals surface area contributed by atoms with Gasteiger partial charge in [-0.15, -0.1) is 0 Å². The number of hydrogen-bond acceptors (Lipinski definition) is 2. The zero-order chi connectivity index (χ0) is 13.8. The van der Waals surface area contributed by atoms with Gasteiger partial charge in [0.05, 0.1) is 7.11 Å². The Morgan fingerprint density at radius 1 is 1.21 bits per heavy atom. The normalized spacial score (nSPS) is 10.3. The van der Waals surface area contributed by atoms with Crippen molar-refractivity contribution < 1.29 is 9.53 Å². The fourth-order valence-corrected chi connectivity index (χ4v) is 2.17. The molecule has 0 bridgehead atoms. The Kier molecular flexibility index (Phi) is 4.23. The van der Waals surface area contributed by atoms with Crippen LogP contribution in [0.5, 0.6) is 5.75 Å². The maximum atomic E-state index is 12.2. The first-order valence-electron chi connectivity index (χ1n) is 6.03. The number of Topliss-reactive ketones (excluding diaryl/α,β-unsaturated/α-hetero) is 1. The van der Waals surface area contributed by atoms with Crippen molar-refractivity contribution in [3.05, 3.63) is 64.2 Å². The second-order valence-corrected chi connectivity index (χ2v) is 4.78. The molecule has 0 spiro atoms. The number of methoxy groups -OCH3 is 1. The number of ketones is 1. The second-order valence-electron chi connectivity index (χ2n) is 4.38. The van der Waals surface area contributed by atoms with Crippen LogP contribution in [0.1, 0.15) is 21.5 Å². The number of benzene rings is 2. The Hall–Kier alpha value is -1.80.